The molecule has 0 aromatic heterocycles. The summed E-state index contributed by atoms with van der Waals surface area (Å²) >= 11 is 0. The maximum Gasteiger partial charge on any atom is 0.253 e. The van der Waals surface area contributed by atoms with Crippen LogP contribution in [0.1, 0.15) is 43.5 Å². The van der Waals surface area contributed by atoms with E-state index < -0.39 is 0 Å². The van der Waals surface area contributed by atoms with Gasteiger partial charge in [-0.05, 0) is 70.1 Å². The molecule has 2 fully saturated rings. The van der Waals surface area contributed by atoms with Gasteiger partial charge in [-0.2, -0.15) is 0 Å². The lowest BCUT2D eigenvalue weighted by Crippen LogP contribution is -2.49. The summed E-state index contributed by atoms with van der Waals surface area (Å²) in [5.41, 5.74) is 3.18. The molecule has 0 bridgehead atoms. The van der Waals surface area contributed by atoms with E-state index in [1.54, 1.807) is 0 Å². The molecule has 1 aliphatic heterocycles. The Morgan fingerprint density at radius 1 is 1.06 bits per heavy atom. The van der Waals surface area contributed by atoms with Crippen LogP contribution < -0.4 is 16.0 Å². The number of benzene rings is 1. The van der Waals surface area contributed by atoms with Gasteiger partial charge in [0, 0.05) is 57.1 Å². The number of hydrogen-bond acceptors (Lipinski definition) is 6. The third-order valence-corrected chi connectivity index (χ3v) is 6.64. The predicted octanol–water partition coefficient (Wildman–Crippen LogP) is 2.90. The fourth-order valence-corrected chi connectivity index (χ4v) is 4.82. The Hall–Kier alpha value is -1.93. The molecule has 1 heterocycles. The van der Waals surface area contributed by atoms with E-state index in [1.165, 1.54) is 24.8 Å². The van der Waals surface area contributed by atoms with Gasteiger partial charge < -0.3 is 26.0 Å². The molecule has 0 spiro atoms. The highest BCUT2D eigenvalue weighted by Crippen LogP contribution is 2.33. The van der Waals surface area contributed by atoms with Crippen LogP contribution in [0.15, 0.2) is 36.4 Å². The maximum absolute atomic E-state index is 12.3. The molecule has 1 aliphatic carbocycles. The lowest BCUT2D eigenvalue weighted by molar-refractivity contribution is 0.0615. The number of allylic oxidation sites excluding steroid dienone is 1. The number of nitrogens with zero attached hydrogens (tertiary/aromatic N) is 2. The molecule has 1 amide bonds. The van der Waals surface area contributed by atoms with E-state index in [9.17, 15) is 4.79 Å². The van der Waals surface area contributed by atoms with Crippen molar-refractivity contribution >= 4 is 11.6 Å². The monoisotopic (exact) mass is 475 g/mol. The minimum Gasteiger partial charge on any atom is -0.395 e. The number of β-amino-alcohol motifs (C(OH)–C–C–N with tert-alkyl or cyclic N) is 1. The molecule has 1 saturated carbocycles. The van der Waals surface area contributed by atoms with Crippen LogP contribution in [0.2, 0.25) is 0 Å². The first kappa shape index (κ1) is 30.1. The van der Waals surface area contributed by atoms with Gasteiger partial charge in [0.25, 0.3) is 5.91 Å². The fraction of sp³-hybridized carbons (Fsp3) is 0.667. The highest BCUT2D eigenvalue weighted by molar-refractivity contribution is 5.94. The smallest absolute Gasteiger partial charge is 0.253 e. The van der Waals surface area contributed by atoms with Crippen LogP contribution in [-0.4, -0.2) is 94.4 Å². The van der Waals surface area contributed by atoms with Gasteiger partial charge >= 0.3 is 0 Å². The topological polar surface area (TPSA) is 79.9 Å². The molecule has 3 rings (SSSR count). The lowest BCUT2D eigenvalue weighted by Gasteiger charge is -2.37. The van der Waals surface area contributed by atoms with Gasteiger partial charge in [-0.1, -0.05) is 32.4 Å². The Morgan fingerprint density at radius 3 is 2.12 bits per heavy atom. The average Bonchev–Trinajstić information content (AvgIpc) is 2.85. The van der Waals surface area contributed by atoms with Crippen LogP contribution in [0.25, 0.3) is 0 Å². The van der Waals surface area contributed by atoms with Gasteiger partial charge in [-0.3, -0.25) is 9.69 Å². The van der Waals surface area contributed by atoms with E-state index in [2.05, 4.69) is 48.3 Å². The summed E-state index contributed by atoms with van der Waals surface area (Å²) in [6.07, 6.45) is 3.71. The molecule has 1 saturated heterocycles. The van der Waals surface area contributed by atoms with Crippen molar-refractivity contribution in [3.05, 3.63) is 42.0 Å². The Labute approximate surface area is 208 Å². The number of carbonyl (C=O) groups excluding carboxylic acids is 1. The number of piperazine rings is 1. The molecule has 2 aliphatic rings. The molecule has 3 atom stereocenters. The number of rotatable bonds is 6. The molecule has 1 aromatic rings. The Balaban J connectivity index is 0.000000330. The van der Waals surface area contributed by atoms with E-state index in [1.807, 2.05) is 50.3 Å². The number of carbonyl (C=O) groups is 1. The van der Waals surface area contributed by atoms with Crippen molar-refractivity contribution < 1.29 is 9.90 Å². The van der Waals surface area contributed by atoms with Crippen LogP contribution in [-0.2, 0) is 0 Å². The number of nitrogens with one attached hydrogen (secondary N) is 3. The van der Waals surface area contributed by atoms with Crippen molar-refractivity contribution in [1.82, 2.24) is 20.4 Å². The van der Waals surface area contributed by atoms with E-state index in [0.29, 0.717) is 12.6 Å². The first-order chi connectivity index (χ1) is 16.3. The zero-order chi connectivity index (χ0) is 25.5. The van der Waals surface area contributed by atoms with Gasteiger partial charge in [0.1, 0.15) is 0 Å². The van der Waals surface area contributed by atoms with Crippen molar-refractivity contribution in [3.8, 4) is 0 Å². The summed E-state index contributed by atoms with van der Waals surface area (Å²) in [5.74, 6) is 1.67. The summed E-state index contributed by atoms with van der Waals surface area (Å²) in [6, 6.07) is 8.24. The third-order valence-electron chi connectivity index (χ3n) is 6.64. The van der Waals surface area contributed by atoms with Crippen molar-refractivity contribution in [1.29, 1.82) is 0 Å². The van der Waals surface area contributed by atoms with Gasteiger partial charge in [-0.25, -0.2) is 0 Å². The van der Waals surface area contributed by atoms with Crippen molar-refractivity contribution in [2.24, 2.45) is 11.8 Å². The van der Waals surface area contributed by atoms with Crippen LogP contribution in [0.4, 0.5) is 5.69 Å². The molecule has 4 N–H and O–H groups in total. The SMILES string of the molecule is C=C1CC(C)C(NC)C(CC)C1.CNC.CNc1ccc(C(=O)N2CCN(CCO)CC2)cc1. The standard InChI is InChI=1S/C14H21N3O2.C11H21N.C2H7N/c1-15-13-4-2-12(3-5-13)14(19)17-8-6-16(7-9-17)10-11-18;1-5-10-7-8(2)6-9(3)11(10)12-4;1-3-2/h2-5,15,18H,6-11H2,1H3;9-12H,2,5-7H2,1,3-4H3;3H,1-2H3. The number of aliphatic hydroxyl groups excluding tert-OH is 1. The largest absolute Gasteiger partial charge is 0.395 e. The number of aliphatic hydroxyl groups is 1. The molecule has 194 valence electrons. The predicted molar refractivity (Wildman–Crippen MR) is 145 cm³/mol. The van der Waals surface area contributed by atoms with Gasteiger partial charge in [0.2, 0.25) is 0 Å². The third kappa shape index (κ3) is 9.74. The highest BCUT2D eigenvalue weighted by atomic mass is 16.3. The minimum atomic E-state index is 0.0892. The van der Waals surface area contributed by atoms with Crippen molar-refractivity contribution in [3.63, 3.8) is 0 Å². The van der Waals surface area contributed by atoms with E-state index in [-0.39, 0.29) is 12.5 Å². The first-order valence-electron chi connectivity index (χ1n) is 12.7. The zero-order valence-corrected chi connectivity index (χ0v) is 22.4. The molecular weight excluding hydrogens is 426 g/mol. The molecule has 1 aromatic carbocycles. The molecule has 7 heteroatoms. The maximum atomic E-state index is 12.3. The van der Waals surface area contributed by atoms with Crippen LogP contribution in [0.5, 0.6) is 0 Å². The normalized spacial score (nSPS) is 22.7. The zero-order valence-electron chi connectivity index (χ0n) is 22.4. The second kappa shape index (κ2) is 16.7. The van der Waals surface area contributed by atoms with Gasteiger partial charge in [0.15, 0.2) is 0 Å². The molecule has 3 unspecified atom stereocenters. The minimum absolute atomic E-state index is 0.0892. The van der Waals surface area contributed by atoms with Gasteiger partial charge in [0.05, 0.1) is 6.61 Å². The summed E-state index contributed by atoms with van der Waals surface area (Å²) in [7, 11) is 7.69. The molecule has 7 nitrogen and oxygen atoms in total. The quantitative estimate of drug-likeness (QED) is 0.474. The van der Waals surface area contributed by atoms with Crippen molar-refractivity contribution in [2.75, 3.05) is 72.8 Å². The summed E-state index contributed by atoms with van der Waals surface area (Å²) in [5, 5.41) is 18.1. The summed E-state index contributed by atoms with van der Waals surface area (Å²) < 4.78 is 0. The number of hydrogen-bond donors (Lipinski definition) is 4. The molecule has 34 heavy (non-hydrogen) atoms. The average molecular weight is 476 g/mol. The number of anilines is 1. The Kier molecular flexibility index (Phi) is 14.7. The van der Waals surface area contributed by atoms with E-state index in [4.69, 9.17) is 5.11 Å². The van der Waals surface area contributed by atoms with E-state index in [0.717, 1.165) is 49.3 Å². The molecule has 0 radical (unpaired) electrons. The fourth-order valence-electron chi connectivity index (χ4n) is 4.82. The highest BCUT2D eigenvalue weighted by Gasteiger charge is 2.29. The second-order valence-corrected chi connectivity index (χ2v) is 9.30. The lowest BCUT2D eigenvalue weighted by atomic mass is 9.74. The van der Waals surface area contributed by atoms with E-state index >= 15 is 0 Å². The number of amides is 1. The van der Waals surface area contributed by atoms with Crippen LogP contribution in [0, 0.1) is 11.8 Å². The van der Waals surface area contributed by atoms with Crippen molar-refractivity contribution in [2.45, 2.75) is 39.2 Å². The Bertz CT molecular complexity index is 701. The first-order valence-corrected chi connectivity index (χ1v) is 12.7. The second-order valence-electron chi connectivity index (χ2n) is 9.30. The molecular formula is C27H49N5O2. The summed E-state index contributed by atoms with van der Waals surface area (Å²) in [6.45, 7) is 12.7. The Morgan fingerprint density at radius 2 is 1.65 bits per heavy atom. The van der Waals surface area contributed by atoms with Crippen LogP contribution >= 0.6 is 0 Å². The summed E-state index contributed by atoms with van der Waals surface area (Å²) in [4.78, 5) is 16.4. The van der Waals surface area contributed by atoms with Gasteiger partial charge in [-0.15, -0.1) is 0 Å². The van der Waals surface area contributed by atoms with Crippen LogP contribution in [0.3, 0.4) is 0 Å².